The molecular formula is C26H28ClFN4O6. The van der Waals surface area contributed by atoms with Crippen molar-refractivity contribution in [2.45, 2.75) is 39.5 Å². The molecule has 1 unspecified atom stereocenters. The van der Waals surface area contributed by atoms with Gasteiger partial charge in [-0.05, 0) is 63.2 Å². The first-order valence-corrected chi connectivity index (χ1v) is 11.9. The minimum absolute atomic E-state index is 0.0561. The summed E-state index contributed by atoms with van der Waals surface area (Å²) in [5.74, 6) is -1.07. The predicted molar refractivity (Wildman–Crippen MR) is 141 cm³/mol. The van der Waals surface area contributed by atoms with E-state index in [1.807, 2.05) is 0 Å². The van der Waals surface area contributed by atoms with Crippen LogP contribution in [0, 0.1) is 5.82 Å². The average Bonchev–Trinajstić information content (AvgIpc) is 2.88. The fourth-order valence-electron chi connectivity index (χ4n) is 3.59. The number of methoxy groups -OCH3 is 1. The molecule has 0 aliphatic heterocycles. The van der Waals surface area contributed by atoms with Crippen LogP contribution in [0.1, 0.15) is 48.4 Å². The summed E-state index contributed by atoms with van der Waals surface area (Å²) in [6.07, 6.45) is -0.479. The Morgan fingerprint density at radius 2 is 1.84 bits per heavy atom. The van der Waals surface area contributed by atoms with E-state index in [2.05, 4.69) is 5.16 Å². The maximum atomic E-state index is 13.9. The number of rotatable bonds is 9. The van der Waals surface area contributed by atoms with Gasteiger partial charge in [-0.2, -0.15) is 4.68 Å². The van der Waals surface area contributed by atoms with Gasteiger partial charge in [0.2, 0.25) is 0 Å². The van der Waals surface area contributed by atoms with Crippen LogP contribution in [-0.2, 0) is 11.4 Å². The Morgan fingerprint density at radius 3 is 2.45 bits per heavy atom. The predicted octanol–water partition coefficient (Wildman–Crippen LogP) is 3.10. The summed E-state index contributed by atoms with van der Waals surface area (Å²) in [6.45, 7) is 4.60. The van der Waals surface area contributed by atoms with Gasteiger partial charge in [0.05, 0.1) is 24.9 Å². The van der Waals surface area contributed by atoms with Gasteiger partial charge in [-0.1, -0.05) is 16.8 Å². The normalized spacial score (nSPS) is 12.4. The molecule has 1 aromatic heterocycles. The number of aliphatic hydroxyl groups is 1. The van der Waals surface area contributed by atoms with Crippen LogP contribution in [0.3, 0.4) is 0 Å². The lowest BCUT2D eigenvalue weighted by molar-refractivity contribution is 0.0859. The number of benzene rings is 2. The summed E-state index contributed by atoms with van der Waals surface area (Å²) in [5, 5.41) is 16.1. The number of amides is 1. The first-order valence-electron chi connectivity index (χ1n) is 11.6. The van der Waals surface area contributed by atoms with E-state index in [1.54, 1.807) is 13.8 Å². The molecule has 202 valence electrons. The zero-order valence-electron chi connectivity index (χ0n) is 21.5. The van der Waals surface area contributed by atoms with E-state index in [0.29, 0.717) is 9.70 Å². The molecule has 0 saturated carbocycles. The summed E-state index contributed by atoms with van der Waals surface area (Å²) in [6, 6.07) is 9.53. The van der Waals surface area contributed by atoms with Gasteiger partial charge in [-0.25, -0.2) is 14.2 Å². The van der Waals surface area contributed by atoms with Crippen LogP contribution in [0.25, 0.3) is 0 Å². The van der Waals surface area contributed by atoms with Crippen molar-refractivity contribution in [1.29, 1.82) is 0 Å². The van der Waals surface area contributed by atoms with E-state index in [1.165, 1.54) is 63.7 Å². The minimum Gasteiger partial charge on any atom is -0.496 e. The summed E-state index contributed by atoms with van der Waals surface area (Å²) in [4.78, 5) is 45.3. The third kappa shape index (κ3) is 6.29. The standard InChI is InChI=1S/C26H28ClFN4O6/c1-15(2)38-29-16(3)21-13-31(14-22(33)20-12-19(28)10-11-23(20)37-5)26(36)32(25(21)35)30(4)24(34)17-6-8-18(27)9-7-17/h6-13,15,22,33H,14H2,1-5H3/b29-16+. The van der Waals surface area contributed by atoms with Gasteiger partial charge < -0.3 is 14.7 Å². The number of nitrogens with zero attached hydrogens (tertiary/aromatic N) is 4. The molecule has 3 aromatic rings. The number of oxime groups is 1. The molecule has 1 heterocycles. The van der Waals surface area contributed by atoms with E-state index in [0.717, 1.165) is 15.6 Å². The molecule has 0 aliphatic carbocycles. The smallest absolute Gasteiger partial charge is 0.350 e. The third-order valence-corrected chi connectivity index (χ3v) is 5.78. The van der Waals surface area contributed by atoms with Gasteiger partial charge in [0, 0.05) is 29.4 Å². The molecule has 2 aromatic carbocycles. The van der Waals surface area contributed by atoms with Crippen LogP contribution >= 0.6 is 11.6 Å². The molecule has 0 radical (unpaired) electrons. The lowest BCUT2D eigenvalue weighted by Gasteiger charge is -2.22. The Balaban J connectivity index is 2.16. The fourth-order valence-corrected chi connectivity index (χ4v) is 3.71. The van der Waals surface area contributed by atoms with Gasteiger partial charge in [-0.3, -0.25) is 14.2 Å². The van der Waals surface area contributed by atoms with E-state index in [-0.39, 0.29) is 34.3 Å². The maximum absolute atomic E-state index is 13.9. The largest absolute Gasteiger partial charge is 0.496 e. The zero-order chi connectivity index (χ0) is 28.1. The molecule has 1 N–H and O–H groups in total. The van der Waals surface area contributed by atoms with Crippen molar-refractivity contribution in [3.05, 3.63) is 97.0 Å². The SMILES string of the molecule is COc1ccc(F)cc1C(O)Cn1cc(/C(C)=N/OC(C)C)c(=O)n(N(C)C(=O)c2ccc(Cl)cc2)c1=O. The van der Waals surface area contributed by atoms with Gasteiger partial charge in [0.15, 0.2) is 0 Å². The first kappa shape index (κ1) is 28.6. The first-order chi connectivity index (χ1) is 17.9. The topological polar surface area (TPSA) is 115 Å². The average molecular weight is 547 g/mol. The number of aromatic nitrogens is 2. The van der Waals surface area contributed by atoms with Crippen molar-refractivity contribution in [1.82, 2.24) is 9.24 Å². The highest BCUT2D eigenvalue weighted by atomic mass is 35.5. The van der Waals surface area contributed by atoms with Crippen molar-refractivity contribution in [2.75, 3.05) is 19.2 Å². The summed E-state index contributed by atoms with van der Waals surface area (Å²) >= 11 is 5.91. The van der Waals surface area contributed by atoms with Crippen molar-refractivity contribution in [3.63, 3.8) is 0 Å². The Labute approximate surface area is 223 Å². The lowest BCUT2D eigenvalue weighted by atomic mass is 10.1. The van der Waals surface area contributed by atoms with Gasteiger partial charge in [0.1, 0.15) is 23.8 Å². The molecule has 1 atom stereocenters. The van der Waals surface area contributed by atoms with Crippen LogP contribution in [0.4, 0.5) is 4.39 Å². The molecule has 1 amide bonds. The van der Waals surface area contributed by atoms with Crippen LogP contribution in [0.2, 0.25) is 5.02 Å². The molecule has 38 heavy (non-hydrogen) atoms. The highest BCUT2D eigenvalue weighted by Crippen LogP contribution is 2.27. The number of ether oxygens (including phenoxy) is 1. The quantitative estimate of drug-likeness (QED) is 0.326. The van der Waals surface area contributed by atoms with Crippen LogP contribution in [0.5, 0.6) is 5.75 Å². The van der Waals surface area contributed by atoms with Gasteiger partial charge in [-0.15, -0.1) is 0 Å². The highest BCUT2D eigenvalue weighted by Gasteiger charge is 2.24. The van der Waals surface area contributed by atoms with E-state index in [9.17, 15) is 23.9 Å². The Morgan fingerprint density at radius 1 is 1.18 bits per heavy atom. The number of hydrogen-bond donors (Lipinski definition) is 1. The second kappa shape index (κ2) is 12.1. The molecule has 0 spiro atoms. The van der Waals surface area contributed by atoms with Crippen LogP contribution < -0.4 is 21.0 Å². The van der Waals surface area contributed by atoms with Crippen LogP contribution in [0.15, 0.2) is 63.4 Å². The number of aliphatic hydroxyl groups excluding tert-OH is 1. The molecule has 0 aliphatic rings. The van der Waals surface area contributed by atoms with Gasteiger partial charge >= 0.3 is 5.69 Å². The summed E-state index contributed by atoms with van der Waals surface area (Å²) in [5.41, 5.74) is -1.40. The monoisotopic (exact) mass is 546 g/mol. The number of halogens is 2. The lowest BCUT2D eigenvalue weighted by Crippen LogP contribution is -2.54. The summed E-state index contributed by atoms with van der Waals surface area (Å²) in [7, 11) is 2.62. The molecule has 0 fully saturated rings. The highest BCUT2D eigenvalue weighted by molar-refractivity contribution is 6.30. The van der Waals surface area contributed by atoms with Crippen LogP contribution in [-0.4, -0.2) is 46.2 Å². The molecule has 0 bridgehead atoms. The van der Waals surface area contributed by atoms with Crippen molar-refractivity contribution >= 4 is 23.2 Å². The van der Waals surface area contributed by atoms with Crippen molar-refractivity contribution in [3.8, 4) is 5.75 Å². The molecule has 10 nitrogen and oxygen atoms in total. The second-order valence-electron chi connectivity index (χ2n) is 8.66. The molecule has 3 rings (SSSR count). The Bertz CT molecular complexity index is 1470. The Hall–Kier alpha value is -3.96. The molecule has 0 saturated heterocycles. The van der Waals surface area contributed by atoms with Crippen molar-refractivity contribution in [2.24, 2.45) is 5.16 Å². The second-order valence-corrected chi connectivity index (χ2v) is 9.10. The number of hydrogen-bond acceptors (Lipinski definition) is 7. The fraction of sp³-hybridized carbons (Fsp3) is 0.308. The van der Waals surface area contributed by atoms with E-state index < -0.39 is 35.6 Å². The number of carbonyl (C=O) groups is 1. The third-order valence-electron chi connectivity index (χ3n) is 5.53. The Kier molecular flexibility index (Phi) is 9.08. The number of carbonyl (C=O) groups excluding carboxylic acids is 1. The van der Waals surface area contributed by atoms with Crippen molar-refractivity contribution < 1.29 is 23.9 Å². The zero-order valence-corrected chi connectivity index (χ0v) is 22.3. The molecule has 12 heteroatoms. The molecular weight excluding hydrogens is 519 g/mol. The van der Waals surface area contributed by atoms with Gasteiger partial charge in [0.25, 0.3) is 11.5 Å². The van der Waals surface area contributed by atoms with E-state index in [4.69, 9.17) is 21.2 Å². The summed E-state index contributed by atoms with van der Waals surface area (Å²) < 4.78 is 20.8. The minimum atomic E-state index is -1.40. The van der Waals surface area contributed by atoms with E-state index >= 15 is 0 Å². The maximum Gasteiger partial charge on any atom is 0.350 e.